The van der Waals surface area contributed by atoms with Gasteiger partial charge in [-0.1, -0.05) is 31.4 Å². The summed E-state index contributed by atoms with van der Waals surface area (Å²) < 4.78 is 27.5. The normalized spacial score (nSPS) is 17.4. The summed E-state index contributed by atoms with van der Waals surface area (Å²) in [5.41, 5.74) is 1.96. The van der Waals surface area contributed by atoms with E-state index in [4.69, 9.17) is 0 Å². The number of carbonyl (C=O) groups excluding carboxylic acids is 2. The molecule has 0 atom stereocenters. The minimum atomic E-state index is -3.59. The summed E-state index contributed by atoms with van der Waals surface area (Å²) in [6.07, 6.45) is 8.35. The molecule has 4 rings (SSSR count). The number of carbonyl (C=O) groups is 2. The lowest BCUT2D eigenvalue weighted by atomic mass is 9.96. The number of piperidine rings is 1. The van der Waals surface area contributed by atoms with Crippen LogP contribution < -0.4 is 5.32 Å². The van der Waals surface area contributed by atoms with E-state index >= 15 is 0 Å². The second-order valence-electron chi connectivity index (χ2n) is 9.57. The predicted molar refractivity (Wildman–Crippen MR) is 136 cm³/mol. The van der Waals surface area contributed by atoms with Crippen molar-refractivity contribution in [2.75, 3.05) is 20.1 Å². The van der Waals surface area contributed by atoms with Crippen LogP contribution >= 0.6 is 0 Å². The topological polar surface area (TPSA) is 86.8 Å². The molecule has 0 bridgehead atoms. The highest BCUT2D eigenvalue weighted by Gasteiger charge is 2.29. The number of nitrogens with zero attached hydrogens (tertiary/aromatic N) is 2. The van der Waals surface area contributed by atoms with Crippen LogP contribution in [0, 0.1) is 0 Å². The van der Waals surface area contributed by atoms with E-state index in [1.54, 1.807) is 31.3 Å². The monoisotopic (exact) mass is 497 g/mol. The van der Waals surface area contributed by atoms with Crippen LogP contribution in [0.5, 0.6) is 0 Å². The van der Waals surface area contributed by atoms with E-state index in [1.807, 2.05) is 17.0 Å². The molecule has 0 aromatic heterocycles. The number of likely N-dealkylation sites (tertiary alicyclic amines) is 1. The van der Waals surface area contributed by atoms with Crippen LogP contribution in [0.1, 0.15) is 77.6 Å². The Kier molecular flexibility index (Phi) is 8.23. The highest BCUT2D eigenvalue weighted by Crippen LogP contribution is 2.26. The Bertz CT molecular complexity index is 1120. The number of benzene rings is 2. The highest BCUT2D eigenvalue weighted by atomic mass is 32.2. The van der Waals surface area contributed by atoms with Crippen molar-refractivity contribution in [3.05, 3.63) is 65.2 Å². The predicted octanol–water partition coefficient (Wildman–Crippen LogP) is 4.20. The molecular formula is C27H35N3O4S. The van der Waals surface area contributed by atoms with Gasteiger partial charge in [-0.25, -0.2) is 8.42 Å². The quantitative estimate of drug-likeness (QED) is 0.621. The molecule has 0 unspecified atom stereocenters. The lowest BCUT2D eigenvalue weighted by molar-refractivity contribution is 0.0724. The molecule has 35 heavy (non-hydrogen) atoms. The summed E-state index contributed by atoms with van der Waals surface area (Å²) >= 11 is 0. The summed E-state index contributed by atoms with van der Waals surface area (Å²) in [4.78, 5) is 27.3. The van der Waals surface area contributed by atoms with E-state index in [2.05, 4.69) is 5.32 Å². The molecule has 1 N–H and O–H groups in total. The van der Waals surface area contributed by atoms with E-state index in [0.717, 1.165) is 63.6 Å². The minimum Gasteiger partial charge on any atom is -0.348 e. The SMILES string of the molecule is CN(C1CCCCC1)S(=O)(=O)c1ccc(C(=O)NCc2ccc(C(=O)N3CCCCC3)cc2)cc1. The van der Waals surface area contributed by atoms with Crippen LogP contribution in [0.25, 0.3) is 0 Å². The molecule has 1 saturated carbocycles. The molecule has 0 radical (unpaired) electrons. The first-order chi connectivity index (χ1) is 16.9. The number of nitrogens with one attached hydrogen (secondary N) is 1. The third kappa shape index (κ3) is 6.11. The number of amides is 2. The van der Waals surface area contributed by atoms with E-state index in [1.165, 1.54) is 22.9 Å². The van der Waals surface area contributed by atoms with Crippen molar-refractivity contribution >= 4 is 21.8 Å². The van der Waals surface area contributed by atoms with Crippen LogP contribution in [-0.2, 0) is 16.6 Å². The van der Waals surface area contributed by atoms with Gasteiger partial charge >= 0.3 is 0 Å². The average Bonchev–Trinajstić information content (AvgIpc) is 2.92. The van der Waals surface area contributed by atoms with Crippen molar-refractivity contribution in [1.82, 2.24) is 14.5 Å². The van der Waals surface area contributed by atoms with Crippen molar-refractivity contribution in [1.29, 1.82) is 0 Å². The average molecular weight is 498 g/mol. The van der Waals surface area contributed by atoms with Crippen molar-refractivity contribution in [3.63, 3.8) is 0 Å². The minimum absolute atomic E-state index is 0.0401. The maximum atomic E-state index is 13.0. The molecule has 1 aliphatic heterocycles. The van der Waals surface area contributed by atoms with E-state index < -0.39 is 10.0 Å². The maximum Gasteiger partial charge on any atom is 0.253 e. The lowest BCUT2D eigenvalue weighted by Crippen LogP contribution is -2.38. The van der Waals surface area contributed by atoms with Crippen LogP contribution in [0.15, 0.2) is 53.4 Å². The second-order valence-corrected chi connectivity index (χ2v) is 11.6. The smallest absolute Gasteiger partial charge is 0.253 e. The summed E-state index contributed by atoms with van der Waals surface area (Å²) in [5.74, 6) is -0.215. The van der Waals surface area contributed by atoms with Crippen molar-refractivity contribution < 1.29 is 18.0 Å². The molecule has 2 fully saturated rings. The van der Waals surface area contributed by atoms with Gasteiger partial charge in [-0.2, -0.15) is 4.31 Å². The van der Waals surface area contributed by atoms with Crippen LogP contribution in [0.4, 0.5) is 0 Å². The van der Waals surface area contributed by atoms with Crippen molar-refractivity contribution in [3.8, 4) is 0 Å². The standard InChI is InChI=1S/C27H35N3O4S/c1-29(24-8-4-2-5-9-24)35(33,34)25-16-14-22(15-17-25)26(31)28-20-21-10-12-23(13-11-21)27(32)30-18-6-3-7-19-30/h10-17,24H,2-9,18-20H2,1H3,(H,28,31). The molecule has 188 valence electrons. The molecule has 2 aliphatic rings. The highest BCUT2D eigenvalue weighted by molar-refractivity contribution is 7.89. The maximum absolute atomic E-state index is 13.0. The molecule has 2 amide bonds. The Morgan fingerprint density at radius 2 is 1.43 bits per heavy atom. The van der Waals surface area contributed by atoms with Crippen LogP contribution in [-0.4, -0.2) is 55.6 Å². The first kappa shape index (κ1) is 25.4. The van der Waals surface area contributed by atoms with Gasteiger partial charge in [0.05, 0.1) is 4.90 Å². The summed E-state index contributed by atoms with van der Waals surface area (Å²) in [6.45, 7) is 1.95. The molecule has 1 aliphatic carbocycles. The fourth-order valence-electron chi connectivity index (χ4n) is 4.91. The van der Waals surface area contributed by atoms with Gasteiger partial charge in [0.15, 0.2) is 0 Å². The fourth-order valence-corrected chi connectivity index (χ4v) is 6.33. The molecule has 1 heterocycles. The fraction of sp³-hybridized carbons (Fsp3) is 0.481. The first-order valence-electron chi connectivity index (χ1n) is 12.6. The van der Waals surface area contributed by atoms with Gasteiger partial charge in [-0.15, -0.1) is 0 Å². The van der Waals surface area contributed by atoms with Crippen molar-refractivity contribution in [2.45, 2.75) is 68.8 Å². The lowest BCUT2D eigenvalue weighted by Gasteiger charge is -2.30. The second kappa shape index (κ2) is 11.4. The molecule has 7 nitrogen and oxygen atoms in total. The van der Waals surface area contributed by atoms with Crippen molar-refractivity contribution in [2.24, 2.45) is 0 Å². The van der Waals surface area contributed by atoms with Crippen LogP contribution in [0.2, 0.25) is 0 Å². The third-order valence-corrected chi connectivity index (χ3v) is 9.10. The molecule has 2 aromatic rings. The Morgan fingerprint density at radius 3 is 2.06 bits per heavy atom. The Balaban J connectivity index is 1.32. The van der Waals surface area contributed by atoms with Gasteiger partial charge in [0, 0.05) is 43.9 Å². The number of hydrogen-bond acceptors (Lipinski definition) is 4. The Morgan fingerprint density at radius 1 is 0.857 bits per heavy atom. The van der Waals surface area contributed by atoms with Gasteiger partial charge in [0.1, 0.15) is 0 Å². The van der Waals surface area contributed by atoms with E-state index in [-0.39, 0.29) is 22.8 Å². The molecular weight excluding hydrogens is 462 g/mol. The molecule has 2 aromatic carbocycles. The number of rotatable bonds is 7. The summed E-state index contributed by atoms with van der Waals surface area (Å²) in [5, 5.41) is 2.87. The summed E-state index contributed by atoms with van der Waals surface area (Å²) in [6, 6.07) is 13.5. The Hall–Kier alpha value is -2.71. The number of hydrogen-bond donors (Lipinski definition) is 1. The van der Waals surface area contributed by atoms with Gasteiger partial charge in [0.2, 0.25) is 10.0 Å². The Labute approximate surface area is 208 Å². The number of sulfonamides is 1. The third-order valence-electron chi connectivity index (χ3n) is 7.18. The zero-order chi connectivity index (χ0) is 24.8. The molecule has 0 spiro atoms. The first-order valence-corrected chi connectivity index (χ1v) is 14.0. The zero-order valence-corrected chi connectivity index (χ0v) is 21.2. The molecule has 8 heteroatoms. The van der Waals surface area contributed by atoms with Gasteiger partial charge in [0.25, 0.3) is 11.8 Å². The van der Waals surface area contributed by atoms with E-state index in [0.29, 0.717) is 17.7 Å². The zero-order valence-electron chi connectivity index (χ0n) is 20.4. The largest absolute Gasteiger partial charge is 0.348 e. The van der Waals surface area contributed by atoms with Gasteiger partial charge in [-0.05, 0) is 74.1 Å². The molecule has 1 saturated heterocycles. The van der Waals surface area contributed by atoms with Gasteiger partial charge < -0.3 is 10.2 Å². The van der Waals surface area contributed by atoms with E-state index in [9.17, 15) is 18.0 Å². The summed E-state index contributed by atoms with van der Waals surface area (Å²) in [7, 11) is -1.94. The van der Waals surface area contributed by atoms with Gasteiger partial charge in [-0.3, -0.25) is 9.59 Å². The van der Waals surface area contributed by atoms with Crippen LogP contribution in [0.3, 0.4) is 0 Å².